The predicted molar refractivity (Wildman–Crippen MR) is 124 cm³/mol. The van der Waals surface area contributed by atoms with Crippen LogP contribution in [-0.2, 0) is 4.79 Å². The van der Waals surface area contributed by atoms with Gasteiger partial charge in [-0.15, -0.1) is 0 Å². The number of fused-ring (bicyclic) bond motifs is 1. The number of hydrogen-bond acceptors (Lipinski definition) is 5. The number of aromatic nitrogens is 2. The van der Waals surface area contributed by atoms with Crippen LogP contribution in [0.1, 0.15) is 5.56 Å². The minimum absolute atomic E-state index is 0.00968. The number of hydrogen-bond donors (Lipinski definition) is 1. The number of carbonyl (C=O) groups is 1. The van der Waals surface area contributed by atoms with Gasteiger partial charge in [0.25, 0.3) is 5.56 Å². The third-order valence-corrected chi connectivity index (χ3v) is 5.78. The molecule has 1 heterocycles. The van der Waals surface area contributed by atoms with E-state index in [1.807, 2.05) is 0 Å². The van der Waals surface area contributed by atoms with Crippen LogP contribution >= 0.6 is 11.8 Å². The molecule has 4 rings (SSSR count). The van der Waals surface area contributed by atoms with Gasteiger partial charge < -0.3 is 10.1 Å². The van der Waals surface area contributed by atoms with Crippen LogP contribution < -0.4 is 15.6 Å². The molecule has 1 aromatic heterocycles. The highest BCUT2D eigenvalue weighted by Crippen LogP contribution is 2.24. The molecule has 4 aromatic rings. The van der Waals surface area contributed by atoms with Crippen LogP contribution in [0, 0.1) is 12.7 Å². The van der Waals surface area contributed by atoms with Crippen molar-refractivity contribution >= 4 is 34.3 Å². The molecule has 0 aliphatic carbocycles. The Hall–Kier alpha value is -3.65. The number of anilines is 1. The highest BCUT2D eigenvalue weighted by atomic mass is 32.2. The van der Waals surface area contributed by atoms with Crippen molar-refractivity contribution in [3.05, 3.63) is 88.5 Å². The zero-order valence-corrected chi connectivity index (χ0v) is 18.3. The number of thioether (sulfide) groups is 1. The second-order valence-electron chi connectivity index (χ2n) is 7.05. The number of aryl methyl sites for hydroxylation is 1. The summed E-state index contributed by atoms with van der Waals surface area (Å²) in [4.78, 5) is 30.4. The number of para-hydroxylation sites is 1. The van der Waals surface area contributed by atoms with E-state index in [1.54, 1.807) is 74.7 Å². The van der Waals surface area contributed by atoms with Crippen LogP contribution in [0.2, 0.25) is 0 Å². The van der Waals surface area contributed by atoms with E-state index in [4.69, 9.17) is 4.74 Å². The van der Waals surface area contributed by atoms with E-state index in [-0.39, 0.29) is 17.2 Å². The van der Waals surface area contributed by atoms with Gasteiger partial charge in [0, 0.05) is 11.8 Å². The topological polar surface area (TPSA) is 73.2 Å². The molecule has 0 fully saturated rings. The van der Waals surface area contributed by atoms with Gasteiger partial charge in [-0.3, -0.25) is 14.2 Å². The van der Waals surface area contributed by atoms with Gasteiger partial charge in [-0.1, -0.05) is 36.0 Å². The average Bonchev–Trinajstić information content (AvgIpc) is 2.80. The number of rotatable bonds is 6. The first-order valence-corrected chi connectivity index (χ1v) is 10.8. The fourth-order valence-electron chi connectivity index (χ4n) is 3.18. The van der Waals surface area contributed by atoms with E-state index in [0.29, 0.717) is 38.7 Å². The Morgan fingerprint density at radius 2 is 1.94 bits per heavy atom. The summed E-state index contributed by atoms with van der Waals surface area (Å²) in [6.45, 7) is 1.65. The summed E-state index contributed by atoms with van der Waals surface area (Å²) >= 11 is 1.12. The lowest BCUT2D eigenvalue weighted by atomic mass is 10.2. The minimum Gasteiger partial charge on any atom is -0.497 e. The maximum absolute atomic E-state index is 13.8. The fraction of sp³-hybridized carbons (Fsp3) is 0.125. The zero-order valence-electron chi connectivity index (χ0n) is 17.5. The highest BCUT2D eigenvalue weighted by Gasteiger charge is 2.15. The Morgan fingerprint density at radius 1 is 1.12 bits per heavy atom. The molecule has 6 nitrogen and oxygen atoms in total. The lowest BCUT2D eigenvalue weighted by Crippen LogP contribution is -2.23. The molecule has 0 aliphatic heterocycles. The maximum Gasteiger partial charge on any atom is 0.266 e. The van der Waals surface area contributed by atoms with Crippen LogP contribution in [0.4, 0.5) is 10.1 Å². The largest absolute Gasteiger partial charge is 0.497 e. The Kier molecular flexibility index (Phi) is 6.23. The molecule has 1 N–H and O–H groups in total. The van der Waals surface area contributed by atoms with Gasteiger partial charge in [0.15, 0.2) is 5.16 Å². The van der Waals surface area contributed by atoms with Crippen LogP contribution in [0.25, 0.3) is 16.6 Å². The molecule has 0 saturated heterocycles. The number of nitrogens with one attached hydrogen (secondary N) is 1. The van der Waals surface area contributed by atoms with Crippen molar-refractivity contribution in [2.24, 2.45) is 0 Å². The van der Waals surface area contributed by atoms with Crippen molar-refractivity contribution in [1.29, 1.82) is 0 Å². The van der Waals surface area contributed by atoms with E-state index in [1.165, 1.54) is 10.6 Å². The summed E-state index contributed by atoms with van der Waals surface area (Å²) in [7, 11) is 1.55. The van der Waals surface area contributed by atoms with E-state index in [2.05, 4.69) is 10.3 Å². The monoisotopic (exact) mass is 449 g/mol. The summed E-state index contributed by atoms with van der Waals surface area (Å²) < 4.78 is 20.5. The molecular weight excluding hydrogens is 429 g/mol. The number of carbonyl (C=O) groups excluding carboxylic acids is 1. The third-order valence-electron chi connectivity index (χ3n) is 4.84. The van der Waals surface area contributed by atoms with Crippen molar-refractivity contribution in [3.63, 3.8) is 0 Å². The Labute approximate surface area is 188 Å². The number of nitrogens with zero attached hydrogens (tertiary/aromatic N) is 2. The van der Waals surface area contributed by atoms with Crippen LogP contribution in [0.3, 0.4) is 0 Å². The molecular formula is C24H20FN3O3S. The van der Waals surface area contributed by atoms with E-state index >= 15 is 0 Å². The number of halogens is 1. The van der Waals surface area contributed by atoms with Crippen molar-refractivity contribution in [2.45, 2.75) is 12.1 Å². The molecule has 3 aromatic carbocycles. The summed E-state index contributed by atoms with van der Waals surface area (Å²) in [5.74, 6) is -0.140. The maximum atomic E-state index is 13.8. The molecule has 1 amide bonds. The molecule has 162 valence electrons. The van der Waals surface area contributed by atoms with Crippen molar-refractivity contribution < 1.29 is 13.9 Å². The highest BCUT2D eigenvalue weighted by molar-refractivity contribution is 7.99. The van der Waals surface area contributed by atoms with E-state index in [0.717, 1.165) is 11.8 Å². The van der Waals surface area contributed by atoms with Gasteiger partial charge in [0.05, 0.1) is 29.5 Å². The predicted octanol–water partition coefficient (Wildman–Crippen LogP) is 4.57. The van der Waals surface area contributed by atoms with Crippen molar-refractivity contribution in [3.8, 4) is 11.4 Å². The summed E-state index contributed by atoms with van der Waals surface area (Å²) in [5, 5.41) is 3.51. The number of ether oxygens (including phenoxy) is 1. The number of methoxy groups -OCH3 is 1. The smallest absolute Gasteiger partial charge is 0.266 e. The normalized spacial score (nSPS) is 10.8. The van der Waals surface area contributed by atoms with Crippen LogP contribution in [0.15, 0.2) is 76.7 Å². The first-order valence-electron chi connectivity index (χ1n) is 9.81. The summed E-state index contributed by atoms with van der Waals surface area (Å²) in [5.41, 5.74) is 1.75. The lowest BCUT2D eigenvalue weighted by molar-refractivity contribution is -0.113. The molecule has 8 heteroatoms. The standard InChI is InChI=1S/C24H20FN3O3S/c1-15-10-11-16(12-20(15)25)26-22(29)14-32-24-27-21-9-4-3-8-19(21)23(30)28(24)17-6-5-7-18(13-17)31-2/h3-13H,14H2,1-2H3,(H,26,29). The van der Waals surface area contributed by atoms with Gasteiger partial charge in [0.1, 0.15) is 11.6 Å². The van der Waals surface area contributed by atoms with Crippen LogP contribution in [0.5, 0.6) is 5.75 Å². The van der Waals surface area contributed by atoms with Gasteiger partial charge in [0.2, 0.25) is 5.91 Å². The first-order chi connectivity index (χ1) is 15.5. The average molecular weight is 450 g/mol. The molecule has 0 aliphatic rings. The molecule has 0 saturated carbocycles. The third kappa shape index (κ3) is 4.50. The van der Waals surface area contributed by atoms with Gasteiger partial charge in [-0.05, 0) is 48.9 Å². The van der Waals surface area contributed by atoms with Gasteiger partial charge in [-0.25, -0.2) is 9.37 Å². The van der Waals surface area contributed by atoms with Crippen molar-refractivity contribution in [1.82, 2.24) is 9.55 Å². The molecule has 32 heavy (non-hydrogen) atoms. The quantitative estimate of drug-likeness (QED) is 0.345. The Balaban J connectivity index is 1.67. The van der Waals surface area contributed by atoms with Gasteiger partial charge in [-0.2, -0.15) is 0 Å². The molecule has 0 atom stereocenters. The van der Waals surface area contributed by atoms with Crippen LogP contribution in [-0.4, -0.2) is 28.3 Å². The molecule has 0 radical (unpaired) electrons. The second kappa shape index (κ2) is 9.23. The molecule has 0 spiro atoms. The molecule has 0 bridgehead atoms. The Bertz CT molecular complexity index is 1370. The molecule has 0 unspecified atom stereocenters. The SMILES string of the molecule is COc1cccc(-n2c(SCC(=O)Nc3ccc(C)c(F)c3)nc3ccccc3c2=O)c1. The summed E-state index contributed by atoms with van der Waals surface area (Å²) in [6.07, 6.45) is 0. The fourth-order valence-corrected chi connectivity index (χ4v) is 4.00. The summed E-state index contributed by atoms with van der Waals surface area (Å²) in [6, 6.07) is 18.6. The lowest BCUT2D eigenvalue weighted by Gasteiger charge is -2.14. The second-order valence-corrected chi connectivity index (χ2v) is 8.00. The van der Waals surface area contributed by atoms with Crippen molar-refractivity contribution in [2.75, 3.05) is 18.2 Å². The Morgan fingerprint density at radius 3 is 2.72 bits per heavy atom. The van der Waals surface area contributed by atoms with E-state index < -0.39 is 5.82 Å². The minimum atomic E-state index is -0.390. The first kappa shape index (κ1) is 21.6. The number of amides is 1. The van der Waals surface area contributed by atoms with Gasteiger partial charge >= 0.3 is 0 Å². The zero-order chi connectivity index (χ0) is 22.7. The van der Waals surface area contributed by atoms with E-state index in [9.17, 15) is 14.0 Å². The number of benzene rings is 3.